The van der Waals surface area contributed by atoms with Crippen molar-refractivity contribution in [1.82, 2.24) is 51.5 Å². The Kier molecular flexibility index (Phi) is 47.5. The van der Waals surface area contributed by atoms with Crippen molar-refractivity contribution in [3.05, 3.63) is 116 Å². The van der Waals surface area contributed by atoms with Gasteiger partial charge < -0.3 is 61.0 Å². The number of hydrogen-bond donors (Lipinski definition) is 7. The van der Waals surface area contributed by atoms with Gasteiger partial charge in [0.15, 0.2) is 19.9 Å². The zero-order valence-electron chi connectivity index (χ0n) is 77.7. The molecular weight excluding hydrogens is 1570 g/mol. The van der Waals surface area contributed by atoms with Crippen molar-refractivity contribution in [3.8, 4) is 0 Å². The van der Waals surface area contributed by atoms with Crippen LogP contribution in [0, 0.1) is 47.3 Å². The minimum absolute atomic E-state index is 0.0316. The predicted octanol–water partition coefficient (Wildman–Crippen LogP) is 13.5. The number of carbonyl (C=O) groups is 12. The average Bonchev–Trinajstić information content (AvgIpc) is 0.823. The number of halogens is 2. The quantitative estimate of drug-likeness (QED) is 0.0184. The summed E-state index contributed by atoms with van der Waals surface area (Å²) in [5, 5.41) is 28.4. The van der Waals surface area contributed by atoms with Gasteiger partial charge in [-0.05, 0) is 207 Å². The first kappa shape index (κ1) is 109. The van der Waals surface area contributed by atoms with Crippen molar-refractivity contribution in [3.63, 3.8) is 0 Å². The molecule has 0 radical (unpaired) electrons. The second kappa shape index (κ2) is 51.8. The van der Waals surface area contributed by atoms with E-state index < -0.39 is 116 Å². The first-order valence-corrected chi connectivity index (χ1v) is 46.0. The van der Waals surface area contributed by atoms with E-state index in [9.17, 15) is 62.6 Å². The molecule has 27 heteroatoms. The highest BCUT2D eigenvalue weighted by molar-refractivity contribution is 6.74. The predicted molar refractivity (Wildman–Crippen MR) is 481 cm³/mol. The van der Waals surface area contributed by atoms with Crippen LogP contribution in [0.5, 0.6) is 0 Å². The maximum Gasteiger partial charge on any atom is 0.247 e. The maximum atomic E-state index is 14.1. The fourth-order valence-corrected chi connectivity index (χ4v) is 14.8. The van der Waals surface area contributed by atoms with E-state index in [0.717, 1.165) is 11.1 Å². The van der Waals surface area contributed by atoms with Crippen molar-refractivity contribution in [2.75, 3.05) is 41.3 Å². The second-order valence-corrected chi connectivity index (χ2v) is 41.2. The summed E-state index contributed by atoms with van der Waals surface area (Å²) in [5.74, 6) is -5.04. The van der Waals surface area contributed by atoms with Crippen molar-refractivity contribution in [2.45, 2.75) is 303 Å². The van der Waals surface area contributed by atoms with Gasteiger partial charge in [-0.15, -0.1) is 0 Å². The molecular formula is C92H150Cl2N10O14Si. The number of aliphatic hydroxyl groups excluding tert-OH is 1. The first-order valence-electron chi connectivity index (χ1n) is 42.3. The molecule has 2 aromatic carbocycles. The number of nitrogens with zero attached hydrogens (tertiary/aromatic N) is 4. The number of amides is 10. The fourth-order valence-electron chi connectivity index (χ4n) is 13.2. The lowest BCUT2D eigenvalue weighted by molar-refractivity contribution is -0.146. The van der Waals surface area contributed by atoms with Crippen LogP contribution >= 0.6 is 23.2 Å². The monoisotopic (exact) mass is 1720 g/mol. The van der Waals surface area contributed by atoms with Gasteiger partial charge in [0.1, 0.15) is 36.3 Å². The van der Waals surface area contributed by atoms with Gasteiger partial charge >= 0.3 is 0 Å². The number of aliphatic hydroxyl groups is 1. The van der Waals surface area contributed by atoms with Crippen LogP contribution in [0.2, 0.25) is 28.2 Å². The van der Waals surface area contributed by atoms with Gasteiger partial charge in [-0.25, -0.2) is 0 Å². The van der Waals surface area contributed by atoms with E-state index in [4.69, 9.17) is 27.6 Å². The summed E-state index contributed by atoms with van der Waals surface area (Å²) in [6.07, 6.45) is 10.5. The molecule has 16 atom stereocenters. The Labute approximate surface area is 724 Å². The van der Waals surface area contributed by atoms with E-state index in [-0.39, 0.29) is 102 Å². The summed E-state index contributed by atoms with van der Waals surface area (Å²) in [6, 6.07) is 6.20. The van der Waals surface area contributed by atoms with E-state index in [1.807, 2.05) is 108 Å². The van der Waals surface area contributed by atoms with Crippen molar-refractivity contribution >= 4 is 102 Å². The zero-order chi connectivity index (χ0) is 91.8. The van der Waals surface area contributed by atoms with Crippen LogP contribution in [0.1, 0.15) is 223 Å². The van der Waals surface area contributed by atoms with Gasteiger partial charge in [0.25, 0.3) is 0 Å². The van der Waals surface area contributed by atoms with Gasteiger partial charge in [0.05, 0.1) is 37.4 Å². The summed E-state index contributed by atoms with van der Waals surface area (Å²) >= 11 is 12.2. The minimum Gasteiger partial charge on any atom is -0.410 e. The molecule has 2 unspecified atom stereocenters. The smallest absolute Gasteiger partial charge is 0.247 e. The van der Waals surface area contributed by atoms with E-state index in [2.05, 4.69) is 92.6 Å². The molecule has 119 heavy (non-hydrogen) atoms. The summed E-state index contributed by atoms with van der Waals surface area (Å²) in [7, 11) is 3.81. The van der Waals surface area contributed by atoms with Crippen LogP contribution in [0.3, 0.4) is 0 Å². The molecule has 7 N–H and O–H groups in total. The fraction of sp³-hybridized carbons (Fsp3) is 0.652. The minimum atomic E-state index is -2.06. The largest absolute Gasteiger partial charge is 0.410 e. The number of likely N-dealkylation sites (N-methyl/N-ethyl adjacent to an activating group) is 4. The SMILES string of the molecule is C/C=C(\C)[C@@H](O)[C@@H](C)[C@@H](C)C/C=C(\C)C(=O)N[C@H](CC(C)C)C(=O)N[C@@H](C)C(=O)N(C)[C@H](Cc1ccc(Cl)cc1)C(=O)N(C)CC(=O)NC(C(C)=O)[C@@H](C)CC.C/C=C(\C)[C@@H](O[Si](C)(C)C(C)(C)C)[C@@H](C)[C@@H](C)C/C=C(\C)C(=O)N[C@H](CC(C)C)C(=O)N[C@@H](C)C(=O)N(C)[C@H](Cc1ccc(Cl)cc1)C(=O)N(C)CC(=O)NC(C(C)=O)[C@@H](C)CC. The molecule has 0 saturated carbocycles. The van der Waals surface area contributed by atoms with Crippen LogP contribution < -0.4 is 31.9 Å². The van der Waals surface area contributed by atoms with Crippen molar-refractivity contribution in [1.29, 1.82) is 0 Å². The molecule has 2 rings (SSSR count). The third-order valence-electron chi connectivity index (χ3n) is 23.6. The standard InChI is InChI=1S/C49H82ClN5O7Si.C43H68ClN5O7/c1-19-31(5)43(37(11)56)53-42(57)29-54(15)48(61)41(28-38-23-25-39(50)26-24-38)55(16)47(60)36(10)51-46(59)40(27-30(3)4)52-45(58)34(8)22-21-33(7)35(9)44(32(6)20-2)62-63(17,18)49(12,13)14;1-14-26(5)38(32(11)50)47-37(51)24-48(12)43(56)36(23-33-18-20-34(44)21-19-33)49(13)42(55)31(10)45-41(54)35(22-25(3)4)46-40(53)29(8)17-16-28(7)30(9)39(52)27(6)15-2/h20,22-26,30-31,33,35-36,40-41,43-44H,19,21,27-29H2,1-18H3,(H,51,59)(H,52,58)(H,53,57);15,17-21,25-26,28,30-31,35-36,38-39,52H,14,16,22-24H2,1-13H3,(H,45,54)(H,46,53)(H,47,51)/b32-20+,34-22+;27-15+,29-17+/t31-,33-,35-,36-,40+,41+,43?,44+;26-,28-,30-,31-,35+,36+,38?,39+/m00/s1. The number of nitrogens with one attached hydrogen (secondary N) is 6. The van der Waals surface area contributed by atoms with E-state index >= 15 is 0 Å². The van der Waals surface area contributed by atoms with Crippen LogP contribution in [0.15, 0.2) is 95.1 Å². The molecule has 10 amide bonds. The van der Waals surface area contributed by atoms with Gasteiger partial charge in [-0.2, -0.15) is 0 Å². The lowest BCUT2D eigenvalue weighted by Gasteiger charge is -2.42. The number of ketones is 2. The lowest BCUT2D eigenvalue weighted by atomic mass is 9.85. The molecule has 0 fully saturated rings. The van der Waals surface area contributed by atoms with E-state index in [1.54, 1.807) is 62.4 Å². The third-order valence-corrected chi connectivity index (χ3v) is 28.5. The second-order valence-electron chi connectivity index (χ2n) is 35.6. The van der Waals surface area contributed by atoms with Gasteiger partial charge in [-0.3, -0.25) is 57.5 Å². The average molecular weight is 1720 g/mol. The molecule has 0 heterocycles. The van der Waals surface area contributed by atoms with Crippen molar-refractivity contribution in [2.24, 2.45) is 47.3 Å². The summed E-state index contributed by atoms with van der Waals surface area (Å²) in [5.41, 5.74) is 4.44. The van der Waals surface area contributed by atoms with Gasteiger partial charge in [0.2, 0.25) is 59.1 Å². The molecule has 0 aliphatic rings. The summed E-state index contributed by atoms with van der Waals surface area (Å²) < 4.78 is 6.93. The third kappa shape index (κ3) is 36.4. The molecule has 0 aromatic heterocycles. The van der Waals surface area contributed by atoms with E-state index in [0.29, 0.717) is 65.3 Å². The Balaban J connectivity index is 0.00000120. The molecule has 0 spiro atoms. The van der Waals surface area contributed by atoms with Gasteiger partial charge in [0, 0.05) is 62.2 Å². The Morgan fingerprint density at radius 3 is 1.10 bits per heavy atom. The Hall–Kier alpha value is -7.84. The molecule has 670 valence electrons. The van der Waals surface area contributed by atoms with Gasteiger partial charge in [-0.1, -0.05) is 188 Å². The number of benzene rings is 2. The normalized spacial score (nSPS) is 16.4. The van der Waals surface area contributed by atoms with Crippen LogP contribution in [-0.4, -0.2) is 205 Å². The van der Waals surface area contributed by atoms with E-state index in [1.165, 1.54) is 81.1 Å². The number of carbonyl (C=O) groups excluding carboxylic acids is 12. The highest BCUT2D eigenvalue weighted by atomic mass is 35.5. The number of rotatable bonds is 46. The molecule has 24 nitrogen and oxygen atoms in total. The van der Waals surface area contributed by atoms with Crippen molar-refractivity contribution < 1.29 is 67.1 Å². The zero-order valence-corrected chi connectivity index (χ0v) is 80.2. The summed E-state index contributed by atoms with van der Waals surface area (Å²) in [4.78, 5) is 166. The Morgan fingerprint density at radius 2 is 0.807 bits per heavy atom. The highest BCUT2D eigenvalue weighted by Crippen LogP contribution is 2.40. The maximum absolute atomic E-state index is 14.1. The van der Waals surface area contributed by atoms with Crippen LogP contribution in [0.25, 0.3) is 0 Å². The molecule has 0 bridgehead atoms. The number of hydrogen-bond acceptors (Lipinski definition) is 14. The molecule has 2 aromatic rings. The topological polar surface area (TPSA) is 319 Å². The van der Waals surface area contributed by atoms with Crippen LogP contribution in [-0.2, 0) is 74.8 Å². The summed E-state index contributed by atoms with van der Waals surface area (Å²) in [6.45, 7) is 51.5. The molecule has 0 aliphatic carbocycles. The Bertz CT molecular complexity index is 3820. The highest BCUT2D eigenvalue weighted by Gasteiger charge is 2.42. The first-order chi connectivity index (χ1) is 55.0. The molecule has 0 saturated heterocycles. The van der Waals surface area contributed by atoms with Crippen LogP contribution in [0.4, 0.5) is 0 Å². The number of Topliss-reactive ketones (excluding diaryl/α,β-unsaturated/α-hetero) is 2. The lowest BCUT2D eigenvalue weighted by Crippen LogP contribution is -2.57. The molecule has 0 aliphatic heterocycles. The Morgan fingerprint density at radius 1 is 0.479 bits per heavy atom. The number of allylic oxidation sites excluding steroid dienone is 4.